The molecule has 0 saturated carbocycles. The largest absolute Gasteiger partial charge is 0.489 e. The average molecular weight is 260 g/mol. The van der Waals surface area contributed by atoms with Gasteiger partial charge in [0.05, 0.1) is 18.5 Å². The number of Topliss-reactive ketones (excluding diaryl/α,β-unsaturated/α-hetero) is 1. The second-order valence-electron chi connectivity index (χ2n) is 4.45. The van der Waals surface area contributed by atoms with E-state index in [-0.39, 0.29) is 12.2 Å². The molecule has 1 saturated heterocycles. The molecule has 0 spiro atoms. The standard InChI is InChI=1S/C12H20O6/c1-7-9(4-2-3-8(15)5-13)18-10(6-14)12(17)11(7)16/h4,7,10-14,16-17H,2-3,5-6H2,1H3/b9-4+/t7?,10?,11-,12-/m1/s1. The highest BCUT2D eigenvalue weighted by Gasteiger charge is 2.39. The van der Waals surface area contributed by atoms with Gasteiger partial charge in [0.2, 0.25) is 0 Å². The summed E-state index contributed by atoms with van der Waals surface area (Å²) in [6.07, 6.45) is -0.748. The zero-order valence-corrected chi connectivity index (χ0v) is 10.3. The zero-order valence-electron chi connectivity index (χ0n) is 10.3. The fourth-order valence-electron chi connectivity index (χ4n) is 1.87. The zero-order chi connectivity index (χ0) is 13.7. The number of hydrogen-bond acceptors (Lipinski definition) is 6. The van der Waals surface area contributed by atoms with Gasteiger partial charge < -0.3 is 25.2 Å². The van der Waals surface area contributed by atoms with E-state index in [0.29, 0.717) is 12.2 Å². The molecule has 1 aliphatic rings. The van der Waals surface area contributed by atoms with Gasteiger partial charge in [0.25, 0.3) is 0 Å². The van der Waals surface area contributed by atoms with Crippen molar-refractivity contribution in [3.05, 3.63) is 11.8 Å². The molecule has 0 aromatic carbocycles. The van der Waals surface area contributed by atoms with Crippen molar-refractivity contribution in [2.45, 2.75) is 38.1 Å². The lowest BCUT2D eigenvalue weighted by Gasteiger charge is -2.37. The van der Waals surface area contributed by atoms with E-state index in [4.69, 9.17) is 14.9 Å². The summed E-state index contributed by atoms with van der Waals surface area (Å²) in [6.45, 7) is 0.819. The van der Waals surface area contributed by atoms with Crippen molar-refractivity contribution < 1.29 is 30.0 Å². The average Bonchev–Trinajstić information content (AvgIpc) is 2.38. The monoisotopic (exact) mass is 260 g/mol. The van der Waals surface area contributed by atoms with Crippen molar-refractivity contribution in [1.82, 2.24) is 0 Å². The van der Waals surface area contributed by atoms with Crippen LogP contribution in [0.15, 0.2) is 11.8 Å². The molecule has 6 nitrogen and oxygen atoms in total. The number of ketones is 1. The van der Waals surface area contributed by atoms with Crippen LogP contribution in [0.5, 0.6) is 0 Å². The summed E-state index contributed by atoms with van der Waals surface area (Å²) in [5.41, 5.74) is 0. The lowest BCUT2D eigenvalue weighted by Crippen LogP contribution is -2.49. The first kappa shape index (κ1) is 15.1. The Morgan fingerprint density at radius 1 is 1.33 bits per heavy atom. The lowest BCUT2D eigenvalue weighted by molar-refractivity contribution is -0.141. The van der Waals surface area contributed by atoms with E-state index in [1.807, 2.05) is 0 Å². The molecule has 4 N–H and O–H groups in total. The van der Waals surface area contributed by atoms with E-state index in [1.165, 1.54) is 0 Å². The number of ether oxygens (including phenoxy) is 1. The minimum Gasteiger partial charge on any atom is -0.489 e. The Kier molecular flexibility index (Phi) is 5.74. The molecule has 104 valence electrons. The van der Waals surface area contributed by atoms with Gasteiger partial charge >= 0.3 is 0 Å². The highest BCUT2D eigenvalue weighted by molar-refractivity contribution is 5.79. The third-order valence-corrected chi connectivity index (χ3v) is 3.10. The molecule has 0 radical (unpaired) electrons. The molecule has 0 aromatic heterocycles. The van der Waals surface area contributed by atoms with Gasteiger partial charge in [-0.2, -0.15) is 0 Å². The predicted molar refractivity (Wildman–Crippen MR) is 62.5 cm³/mol. The van der Waals surface area contributed by atoms with E-state index in [2.05, 4.69) is 0 Å². The van der Waals surface area contributed by atoms with Crippen LogP contribution in [0.1, 0.15) is 19.8 Å². The van der Waals surface area contributed by atoms with Gasteiger partial charge in [-0.05, 0) is 12.5 Å². The number of aliphatic hydroxyl groups excluding tert-OH is 4. The molecule has 1 rings (SSSR count). The molecule has 0 aliphatic carbocycles. The van der Waals surface area contributed by atoms with E-state index < -0.39 is 37.4 Å². The molecule has 1 heterocycles. The minimum atomic E-state index is -1.12. The molecular weight excluding hydrogens is 240 g/mol. The predicted octanol–water partition coefficient (Wildman–Crippen LogP) is -1.04. The fraction of sp³-hybridized carbons (Fsp3) is 0.750. The number of carbonyl (C=O) groups excluding carboxylic acids is 1. The Balaban J connectivity index is 2.63. The molecule has 0 bridgehead atoms. The van der Waals surface area contributed by atoms with Crippen molar-refractivity contribution in [3.63, 3.8) is 0 Å². The van der Waals surface area contributed by atoms with Gasteiger partial charge in [-0.1, -0.05) is 6.92 Å². The van der Waals surface area contributed by atoms with Gasteiger partial charge in [0.1, 0.15) is 18.8 Å². The second kappa shape index (κ2) is 6.84. The Labute approximate surface area is 106 Å². The maximum atomic E-state index is 10.9. The first-order valence-corrected chi connectivity index (χ1v) is 5.97. The van der Waals surface area contributed by atoms with Crippen LogP contribution >= 0.6 is 0 Å². The van der Waals surface area contributed by atoms with E-state index in [0.717, 1.165) is 0 Å². The van der Waals surface area contributed by atoms with Crippen LogP contribution in [-0.4, -0.2) is 57.7 Å². The van der Waals surface area contributed by atoms with Gasteiger partial charge in [-0.15, -0.1) is 0 Å². The smallest absolute Gasteiger partial charge is 0.158 e. The quantitative estimate of drug-likeness (QED) is 0.503. The SMILES string of the molecule is CC1/C(=C\CCC(=O)CO)OC(CO)[C@@H](O)[C@@H]1O. The summed E-state index contributed by atoms with van der Waals surface area (Å²) in [5, 5.41) is 37.0. The summed E-state index contributed by atoms with van der Waals surface area (Å²) in [6, 6.07) is 0. The van der Waals surface area contributed by atoms with Crippen LogP contribution in [0, 0.1) is 5.92 Å². The van der Waals surface area contributed by atoms with Crippen LogP contribution in [0.4, 0.5) is 0 Å². The van der Waals surface area contributed by atoms with Crippen LogP contribution < -0.4 is 0 Å². The topological polar surface area (TPSA) is 107 Å². The lowest BCUT2D eigenvalue weighted by atomic mass is 9.91. The first-order valence-electron chi connectivity index (χ1n) is 5.97. The number of hydrogen-bond donors (Lipinski definition) is 4. The maximum Gasteiger partial charge on any atom is 0.158 e. The van der Waals surface area contributed by atoms with Crippen LogP contribution in [0.2, 0.25) is 0 Å². The first-order chi connectivity index (χ1) is 8.51. The van der Waals surface area contributed by atoms with Crippen molar-refractivity contribution >= 4 is 5.78 Å². The highest BCUT2D eigenvalue weighted by Crippen LogP contribution is 2.29. The third kappa shape index (κ3) is 3.52. The molecule has 0 amide bonds. The molecule has 18 heavy (non-hydrogen) atoms. The minimum absolute atomic E-state index is 0.193. The molecular formula is C12H20O6. The van der Waals surface area contributed by atoms with Gasteiger partial charge in [0, 0.05) is 12.3 Å². The van der Waals surface area contributed by atoms with E-state index in [9.17, 15) is 15.0 Å². The molecule has 4 atom stereocenters. The summed E-state index contributed by atoms with van der Waals surface area (Å²) in [4.78, 5) is 10.9. The third-order valence-electron chi connectivity index (χ3n) is 3.10. The Morgan fingerprint density at radius 2 is 2.00 bits per heavy atom. The summed E-state index contributed by atoms with van der Waals surface area (Å²) >= 11 is 0. The summed E-state index contributed by atoms with van der Waals surface area (Å²) < 4.78 is 5.37. The Hall–Kier alpha value is -0.950. The Morgan fingerprint density at radius 3 is 2.56 bits per heavy atom. The van der Waals surface area contributed by atoms with Crippen molar-refractivity contribution in [2.75, 3.05) is 13.2 Å². The van der Waals surface area contributed by atoms with Gasteiger partial charge in [-0.25, -0.2) is 0 Å². The van der Waals surface area contributed by atoms with Crippen molar-refractivity contribution in [2.24, 2.45) is 5.92 Å². The van der Waals surface area contributed by atoms with Gasteiger partial charge in [0.15, 0.2) is 5.78 Å². The molecule has 1 aliphatic heterocycles. The van der Waals surface area contributed by atoms with E-state index in [1.54, 1.807) is 13.0 Å². The summed E-state index contributed by atoms with van der Waals surface area (Å²) in [5.74, 6) is -0.209. The Bertz CT molecular complexity index is 312. The molecule has 2 unspecified atom stereocenters. The van der Waals surface area contributed by atoms with E-state index >= 15 is 0 Å². The fourth-order valence-corrected chi connectivity index (χ4v) is 1.87. The summed E-state index contributed by atoms with van der Waals surface area (Å²) in [7, 11) is 0. The van der Waals surface area contributed by atoms with Gasteiger partial charge in [-0.3, -0.25) is 4.79 Å². The van der Waals surface area contributed by atoms with Crippen molar-refractivity contribution in [3.8, 4) is 0 Å². The number of carbonyl (C=O) groups is 1. The number of rotatable bonds is 5. The highest BCUT2D eigenvalue weighted by atomic mass is 16.5. The molecule has 1 fully saturated rings. The van der Waals surface area contributed by atoms with Crippen molar-refractivity contribution in [1.29, 1.82) is 0 Å². The van der Waals surface area contributed by atoms with Crippen LogP contribution in [0.25, 0.3) is 0 Å². The van der Waals surface area contributed by atoms with Crippen LogP contribution in [0.3, 0.4) is 0 Å². The number of aliphatic hydroxyl groups is 4. The maximum absolute atomic E-state index is 10.9. The normalized spacial score (nSPS) is 34.4. The molecule has 0 aromatic rings. The second-order valence-corrected chi connectivity index (χ2v) is 4.45. The van der Waals surface area contributed by atoms with Crippen LogP contribution in [-0.2, 0) is 9.53 Å². The molecule has 6 heteroatoms. The number of allylic oxidation sites excluding steroid dienone is 1.